The van der Waals surface area contributed by atoms with Gasteiger partial charge in [0, 0.05) is 12.3 Å². The summed E-state index contributed by atoms with van der Waals surface area (Å²) in [5.74, 6) is -1.42. The Hall–Kier alpha value is -2.09. The van der Waals surface area contributed by atoms with Crippen LogP contribution in [0, 0.1) is 0 Å². The van der Waals surface area contributed by atoms with Gasteiger partial charge in [-0.25, -0.2) is 18.0 Å². The molecule has 2 amide bonds. The molecule has 116 valence electrons. The van der Waals surface area contributed by atoms with Crippen LogP contribution in [0.15, 0.2) is 30.3 Å². The number of rotatable bonds is 6. The molecule has 0 saturated carbocycles. The van der Waals surface area contributed by atoms with Gasteiger partial charge in [-0.3, -0.25) is 0 Å². The van der Waals surface area contributed by atoms with Crippen LogP contribution in [-0.2, 0) is 14.6 Å². The van der Waals surface area contributed by atoms with Crippen molar-refractivity contribution in [3.05, 3.63) is 35.9 Å². The minimum Gasteiger partial charge on any atom is -0.479 e. The lowest BCUT2D eigenvalue weighted by molar-refractivity contribution is -0.139. The standard InChI is InChI=1S/C13H18N2O5S/c1-9(8-21(2,19)20)14-13(18)15-11(12(16)17)10-6-4-3-5-7-10/h3-7,9,11H,8H2,1-2H3,(H,16,17)(H2,14,15,18). The quantitative estimate of drug-likeness (QED) is 0.709. The number of carbonyl (C=O) groups excluding carboxylic acids is 1. The lowest BCUT2D eigenvalue weighted by Crippen LogP contribution is -2.46. The number of urea groups is 1. The Kier molecular flexibility index (Phi) is 5.71. The molecule has 0 aliphatic rings. The number of amides is 2. The van der Waals surface area contributed by atoms with Gasteiger partial charge in [-0.15, -0.1) is 0 Å². The van der Waals surface area contributed by atoms with Gasteiger partial charge in [0.25, 0.3) is 0 Å². The van der Waals surface area contributed by atoms with Crippen LogP contribution in [0.4, 0.5) is 4.79 Å². The van der Waals surface area contributed by atoms with E-state index < -0.39 is 33.9 Å². The second kappa shape index (κ2) is 7.07. The first-order chi connectivity index (χ1) is 9.69. The van der Waals surface area contributed by atoms with Crippen LogP contribution >= 0.6 is 0 Å². The minimum absolute atomic E-state index is 0.219. The van der Waals surface area contributed by atoms with E-state index in [0.717, 1.165) is 6.26 Å². The third kappa shape index (κ3) is 6.26. The zero-order valence-corrected chi connectivity index (χ0v) is 12.6. The molecule has 1 aromatic carbocycles. The van der Waals surface area contributed by atoms with Crippen molar-refractivity contribution in [3.8, 4) is 0 Å². The minimum atomic E-state index is -3.22. The van der Waals surface area contributed by atoms with E-state index in [-0.39, 0.29) is 5.75 Å². The third-order valence-electron chi connectivity index (χ3n) is 2.59. The van der Waals surface area contributed by atoms with Crippen molar-refractivity contribution in [2.75, 3.05) is 12.0 Å². The fourth-order valence-corrected chi connectivity index (χ4v) is 2.82. The molecule has 21 heavy (non-hydrogen) atoms. The summed E-state index contributed by atoms with van der Waals surface area (Å²) in [6, 6.07) is 5.67. The third-order valence-corrected chi connectivity index (χ3v) is 3.69. The Balaban J connectivity index is 2.68. The fourth-order valence-electron chi connectivity index (χ4n) is 1.83. The van der Waals surface area contributed by atoms with E-state index in [9.17, 15) is 18.0 Å². The van der Waals surface area contributed by atoms with Gasteiger partial charge >= 0.3 is 12.0 Å². The van der Waals surface area contributed by atoms with Gasteiger partial charge in [-0.05, 0) is 12.5 Å². The van der Waals surface area contributed by atoms with Crippen LogP contribution < -0.4 is 10.6 Å². The molecule has 2 unspecified atom stereocenters. The molecule has 7 nitrogen and oxygen atoms in total. The molecule has 0 heterocycles. The molecule has 0 spiro atoms. The van der Waals surface area contributed by atoms with Crippen molar-refractivity contribution in [1.82, 2.24) is 10.6 Å². The maximum atomic E-state index is 11.7. The molecule has 0 aromatic heterocycles. The van der Waals surface area contributed by atoms with E-state index in [2.05, 4.69) is 10.6 Å². The highest BCUT2D eigenvalue weighted by Gasteiger charge is 2.22. The fraction of sp³-hybridized carbons (Fsp3) is 0.385. The highest BCUT2D eigenvalue weighted by Crippen LogP contribution is 2.12. The van der Waals surface area contributed by atoms with Crippen LogP contribution in [0.3, 0.4) is 0 Å². The molecule has 1 rings (SSSR count). The zero-order valence-electron chi connectivity index (χ0n) is 11.7. The summed E-state index contributed by atoms with van der Waals surface area (Å²) < 4.78 is 22.2. The summed E-state index contributed by atoms with van der Waals surface area (Å²) in [4.78, 5) is 23.0. The molecule has 0 radical (unpaired) electrons. The molecular weight excluding hydrogens is 296 g/mol. The second-order valence-corrected chi connectivity index (χ2v) is 6.98. The van der Waals surface area contributed by atoms with Crippen LogP contribution in [0.2, 0.25) is 0 Å². The SMILES string of the molecule is CC(CS(C)(=O)=O)NC(=O)NC(C(=O)O)c1ccccc1. The first kappa shape index (κ1) is 17.0. The number of hydrogen-bond acceptors (Lipinski definition) is 4. The van der Waals surface area contributed by atoms with E-state index >= 15 is 0 Å². The van der Waals surface area contributed by atoms with Crippen molar-refractivity contribution in [1.29, 1.82) is 0 Å². The molecule has 0 aliphatic heterocycles. The number of carboxylic acid groups (broad SMARTS) is 1. The van der Waals surface area contributed by atoms with Crippen LogP contribution in [0.25, 0.3) is 0 Å². The summed E-state index contributed by atoms with van der Waals surface area (Å²) in [5, 5.41) is 13.9. The zero-order chi connectivity index (χ0) is 16.0. The van der Waals surface area contributed by atoms with Crippen molar-refractivity contribution >= 4 is 21.8 Å². The molecule has 0 fully saturated rings. The number of hydrogen-bond donors (Lipinski definition) is 3. The van der Waals surface area contributed by atoms with Crippen molar-refractivity contribution in [3.63, 3.8) is 0 Å². The summed E-state index contributed by atoms with van der Waals surface area (Å²) in [6.45, 7) is 1.53. The highest BCUT2D eigenvalue weighted by molar-refractivity contribution is 7.90. The number of aliphatic carboxylic acids is 1. The first-order valence-corrected chi connectivity index (χ1v) is 8.27. The van der Waals surface area contributed by atoms with Gasteiger partial charge in [0.2, 0.25) is 0 Å². The van der Waals surface area contributed by atoms with E-state index in [1.165, 1.54) is 6.92 Å². The number of nitrogens with one attached hydrogen (secondary N) is 2. The highest BCUT2D eigenvalue weighted by atomic mass is 32.2. The number of benzene rings is 1. The lowest BCUT2D eigenvalue weighted by Gasteiger charge is -2.18. The Morgan fingerprint density at radius 3 is 2.24 bits per heavy atom. The molecule has 1 aromatic rings. The Labute approximate surface area is 123 Å². The maximum absolute atomic E-state index is 11.7. The molecule has 3 N–H and O–H groups in total. The lowest BCUT2D eigenvalue weighted by atomic mass is 10.1. The van der Waals surface area contributed by atoms with E-state index in [1.54, 1.807) is 30.3 Å². The predicted octanol–water partition coefficient (Wildman–Crippen LogP) is 0.545. The van der Waals surface area contributed by atoms with Crippen molar-refractivity contribution < 1.29 is 23.1 Å². The summed E-state index contributed by atoms with van der Waals surface area (Å²) >= 11 is 0. The molecule has 0 bridgehead atoms. The van der Waals surface area contributed by atoms with Gasteiger partial charge in [0.1, 0.15) is 9.84 Å². The summed E-state index contributed by atoms with van der Waals surface area (Å²) in [5.41, 5.74) is 0.427. The summed E-state index contributed by atoms with van der Waals surface area (Å²) in [6.07, 6.45) is 1.06. The van der Waals surface area contributed by atoms with Gasteiger partial charge < -0.3 is 15.7 Å². The van der Waals surface area contributed by atoms with Gasteiger partial charge in [0.05, 0.1) is 5.75 Å². The van der Waals surface area contributed by atoms with Gasteiger partial charge in [0.15, 0.2) is 6.04 Å². The summed E-state index contributed by atoms with van der Waals surface area (Å²) in [7, 11) is -3.22. The second-order valence-electron chi connectivity index (χ2n) is 4.79. The molecule has 8 heteroatoms. The van der Waals surface area contributed by atoms with E-state index in [1.807, 2.05) is 0 Å². The van der Waals surface area contributed by atoms with E-state index in [4.69, 9.17) is 5.11 Å². The molecule has 0 saturated heterocycles. The van der Waals surface area contributed by atoms with E-state index in [0.29, 0.717) is 5.56 Å². The Morgan fingerprint density at radius 2 is 1.76 bits per heavy atom. The normalized spacial score (nSPS) is 14.0. The van der Waals surface area contributed by atoms with Crippen LogP contribution in [0.5, 0.6) is 0 Å². The largest absolute Gasteiger partial charge is 0.479 e. The number of carbonyl (C=O) groups is 2. The molecule has 0 aliphatic carbocycles. The smallest absolute Gasteiger partial charge is 0.330 e. The topological polar surface area (TPSA) is 113 Å². The van der Waals surface area contributed by atoms with Gasteiger partial charge in [-0.2, -0.15) is 0 Å². The number of carboxylic acids is 1. The molecular formula is C13H18N2O5S. The average molecular weight is 314 g/mol. The average Bonchev–Trinajstić information content (AvgIpc) is 2.34. The van der Waals surface area contributed by atoms with Crippen LogP contribution in [0.1, 0.15) is 18.5 Å². The van der Waals surface area contributed by atoms with Crippen molar-refractivity contribution in [2.24, 2.45) is 0 Å². The van der Waals surface area contributed by atoms with Gasteiger partial charge in [-0.1, -0.05) is 30.3 Å². The first-order valence-electron chi connectivity index (χ1n) is 6.21. The maximum Gasteiger partial charge on any atom is 0.330 e. The number of sulfone groups is 1. The predicted molar refractivity (Wildman–Crippen MR) is 77.7 cm³/mol. The van der Waals surface area contributed by atoms with Crippen molar-refractivity contribution in [2.45, 2.75) is 19.0 Å². The van der Waals surface area contributed by atoms with Crippen LogP contribution in [-0.4, -0.2) is 43.6 Å². The Bertz CT molecular complexity index is 600. The Morgan fingerprint density at radius 1 is 1.19 bits per heavy atom. The molecule has 2 atom stereocenters. The monoisotopic (exact) mass is 314 g/mol.